The van der Waals surface area contributed by atoms with E-state index in [4.69, 9.17) is 4.74 Å². The number of nitrogens with one attached hydrogen (secondary N) is 1. The van der Waals surface area contributed by atoms with E-state index in [-0.39, 0.29) is 30.0 Å². The van der Waals surface area contributed by atoms with Gasteiger partial charge in [-0.1, -0.05) is 19.4 Å². The molecule has 8 nitrogen and oxygen atoms in total. The van der Waals surface area contributed by atoms with Crippen molar-refractivity contribution < 1.29 is 27.9 Å². The average molecular weight is 384 g/mol. The normalized spacial score (nSPS) is 18.1. The number of benzene rings is 1. The summed E-state index contributed by atoms with van der Waals surface area (Å²) in [6.07, 6.45) is 0.842. The zero-order chi connectivity index (χ0) is 19.4. The third kappa shape index (κ3) is 4.40. The molecular formula is C17H24N2O6S. The van der Waals surface area contributed by atoms with Crippen molar-refractivity contribution in [3.8, 4) is 0 Å². The van der Waals surface area contributed by atoms with E-state index in [1.807, 2.05) is 6.92 Å². The third-order valence-corrected chi connectivity index (χ3v) is 6.21. The zero-order valence-electron chi connectivity index (χ0n) is 14.9. The molecule has 0 aliphatic carbocycles. The van der Waals surface area contributed by atoms with Crippen molar-refractivity contribution in [1.29, 1.82) is 0 Å². The number of morpholine rings is 1. The molecule has 144 valence electrons. The van der Waals surface area contributed by atoms with Gasteiger partial charge >= 0.3 is 5.97 Å². The van der Waals surface area contributed by atoms with E-state index in [0.717, 1.165) is 0 Å². The number of nitrogens with zero attached hydrogens (tertiary/aromatic N) is 1. The largest absolute Gasteiger partial charge is 0.480 e. The van der Waals surface area contributed by atoms with Crippen molar-refractivity contribution in [3.05, 3.63) is 29.8 Å². The van der Waals surface area contributed by atoms with Gasteiger partial charge in [0.05, 0.1) is 18.1 Å². The summed E-state index contributed by atoms with van der Waals surface area (Å²) in [6.45, 7) is 4.42. The highest BCUT2D eigenvalue weighted by Gasteiger charge is 2.34. The maximum absolute atomic E-state index is 12.7. The first-order valence-corrected chi connectivity index (χ1v) is 9.88. The predicted octanol–water partition coefficient (Wildman–Crippen LogP) is 1.08. The standard InChI is InChI=1S/C17H24N2O6S/c1-3-7-17(2,16(21)22)18-15(20)13-5-4-6-14(12-13)26(23,24)19-8-10-25-11-9-19/h4-6,12H,3,7-11H2,1-2H3,(H,18,20)(H,21,22). The first kappa shape index (κ1) is 20.3. The minimum absolute atomic E-state index is 0.000399. The van der Waals surface area contributed by atoms with Gasteiger partial charge in [-0.3, -0.25) is 4.79 Å². The van der Waals surface area contributed by atoms with Gasteiger partial charge in [-0.05, 0) is 31.5 Å². The second kappa shape index (κ2) is 8.15. The first-order chi connectivity index (χ1) is 12.2. The maximum atomic E-state index is 12.7. The average Bonchev–Trinajstić information content (AvgIpc) is 2.62. The van der Waals surface area contributed by atoms with Gasteiger partial charge in [0.15, 0.2) is 0 Å². The Kier molecular flexibility index (Phi) is 6.38. The van der Waals surface area contributed by atoms with Gasteiger partial charge in [-0.25, -0.2) is 13.2 Å². The van der Waals surface area contributed by atoms with Crippen molar-refractivity contribution >= 4 is 21.9 Å². The Morgan fingerprint density at radius 3 is 2.54 bits per heavy atom. The Hall–Kier alpha value is -1.97. The molecule has 9 heteroatoms. The lowest BCUT2D eigenvalue weighted by Gasteiger charge is -2.27. The molecule has 1 aromatic carbocycles. The van der Waals surface area contributed by atoms with E-state index in [9.17, 15) is 23.1 Å². The lowest BCUT2D eigenvalue weighted by atomic mass is 9.96. The molecule has 26 heavy (non-hydrogen) atoms. The number of carbonyl (C=O) groups is 2. The van der Waals surface area contributed by atoms with Crippen LogP contribution in [0.5, 0.6) is 0 Å². The predicted molar refractivity (Wildman–Crippen MR) is 94.4 cm³/mol. The molecule has 0 aromatic heterocycles. The molecule has 2 N–H and O–H groups in total. The van der Waals surface area contributed by atoms with Gasteiger partial charge in [0, 0.05) is 18.7 Å². The molecule has 1 atom stereocenters. The second-order valence-corrected chi connectivity index (χ2v) is 8.32. The Morgan fingerprint density at radius 1 is 1.31 bits per heavy atom. The number of sulfonamides is 1. The Labute approximate surface area is 153 Å². The van der Waals surface area contributed by atoms with Crippen LogP contribution < -0.4 is 5.32 Å². The van der Waals surface area contributed by atoms with E-state index in [1.165, 1.54) is 35.5 Å². The van der Waals surface area contributed by atoms with Gasteiger partial charge in [0.25, 0.3) is 5.91 Å². The van der Waals surface area contributed by atoms with Crippen LogP contribution in [-0.2, 0) is 19.6 Å². The molecule has 0 saturated carbocycles. The van der Waals surface area contributed by atoms with Crippen molar-refractivity contribution in [3.63, 3.8) is 0 Å². The summed E-state index contributed by atoms with van der Waals surface area (Å²) in [5.74, 6) is -1.76. The minimum atomic E-state index is -3.73. The third-order valence-electron chi connectivity index (χ3n) is 4.32. The Morgan fingerprint density at radius 2 is 1.96 bits per heavy atom. The number of aliphatic carboxylic acids is 1. The molecule has 2 rings (SSSR count). The Bertz CT molecular complexity index is 773. The van der Waals surface area contributed by atoms with Crippen LogP contribution >= 0.6 is 0 Å². The quantitative estimate of drug-likeness (QED) is 0.727. The highest BCUT2D eigenvalue weighted by atomic mass is 32.2. The van der Waals surface area contributed by atoms with Crippen LogP contribution in [0.25, 0.3) is 0 Å². The molecule has 1 amide bonds. The van der Waals surface area contributed by atoms with Crippen molar-refractivity contribution in [1.82, 2.24) is 9.62 Å². The number of hydrogen-bond donors (Lipinski definition) is 2. The fraction of sp³-hybridized carbons (Fsp3) is 0.529. The molecule has 1 aliphatic rings. The molecule has 1 heterocycles. The topological polar surface area (TPSA) is 113 Å². The molecule has 1 aliphatic heterocycles. The number of carboxylic acids is 1. The molecule has 0 bridgehead atoms. The lowest BCUT2D eigenvalue weighted by molar-refractivity contribution is -0.144. The lowest BCUT2D eigenvalue weighted by Crippen LogP contribution is -2.52. The van der Waals surface area contributed by atoms with Crippen LogP contribution in [0, 0.1) is 0 Å². The van der Waals surface area contributed by atoms with Crippen molar-refractivity contribution in [2.24, 2.45) is 0 Å². The van der Waals surface area contributed by atoms with E-state index in [0.29, 0.717) is 19.6 Å². The monoisotopic (exact) mass is 384 g/mol. The highest BCUT2D eigenvalue weighted by molar-refractivity contribution is 7.89. The van der Waals surface area contributed by atoms with E-state index in [1.54, 1.807) is 0 Å². The van der Waals surface area contributed by atoms with Crippen LogP contribution in [0.3, 0.4) is 0 Å². The van der Waals surface area contributed by atoms with Crippen molar-refractivity contribution in [2.45, 2.75) is 37.1 Å². The van der Waals surface area contributed by atoms with Crippen LogP contribution in [0.15, 0.2) is 29.2 Å². The van der Waals surface area contributed by atoms with Crippen LogP contribution in [0.1, 0.15) is 37.0 Å². The molecule has 0 radical (unpaired) electrons. The second-order valence-electron chi connectivity index (χ2n) is 6.39. The van der Waals surface area contributed by atoms with Crippen molar-refractivity contribution in [2.75, 3.05) is 26.3 Å². The zero-order valence-corrected chi connectivity index (χ0v) is 15.7. The van der Waals surface area contributed by atoms with Crippen LogP contribution in [0.2, 0.25) is 0 Å². The summed E-state index contributed by atoms with van der Waals surface area (Å²) in [4.78, 5) is 24.0. The number of ether oxygens (including phenoxy) is 1. The Balaban J connectivity index is 2.25. The first-order valence-electron chi connectivity index (χ1n) is 8.44. The molecule has 1 unspecified atom stereocenters. The fourth-order valence-corrected chi connectivity index (χ4v) is 4.23. The van der Waals surface area contributed by atoms with Crippen LogP contribution in [-0.4, -0.2) is 61.5 Å². The van der Waals surface area contributed by atoms with E-state index < -0.39 is 27.4 Å². The van der Waals surface area contributed by atoms with Gasteiger partial charge < -0.3 is 15.2 Å². The van der Waals surface area contributed by atoms with Gasteiger partial charge in [0.2, 0.25) is 10.0 Å². The number of rotatable bonds is 7. The summed E-state index contributed by atoms with van der Waals surface area (Å²) in [7, 11) is -3.73. The summed E-state index contributed by atoms with van der Waals surface area (Å²) < 4.78 is 31.9. The van der Waals surface area contributed by atoms with Gasteiger partial charge in [-0.15, -0.1) is 0 Å². The number of amides is 1. The molecular weight excluding hydrogens is 360 g/mol. The molecule has 1 fully saturated rings. The number of hydrogen-bond acceptors (Lipinski definition) is 5. The van der Waals surface area contributed by atoms with E-state index >= 15 is 0 Å². The van der Waals surface area contributed by atoms with Crippen LogP contribution in [0.4, 0.5) is 0 Å². The smallest absolute Gasteiger partial charge is 0.329 e. The molecule has 0 spiro atoms. The summed E-state index contributed by atoms with van der Waals surface area (Å²) in [6, 6.07) is 5.63. The summed E-state index contributed by atoms with van der Waals surface area (Å²) in [5.41, 5.74) is -1.31. The van der Waals surface area contributed by atoms with E-state index in [2.05, 4.69) is 5.32 Å². The highest BCUT2D eigenvalue weighted by Crippen LogP contribution is 2.19. The molecule has 1 saturated heterocycles. The summed E-state index contributed by atoms with van der Waals surface area (Å²) in [5, 5.41) is 11.9. The number of carbonyl (C=O) groups excluding carboxylic acids is 1. The summed E-state index contributed by atoms with van der Waals surface area (Å²) >= 11 is 0. The fourth-order valence-electron chi connectivity index (χ4n) is 2.78. The maximum Gasteiger partial charge on any atom is 0.329 e. The minimum Gasteiger partial charge on any atom is -0.480 e. The van der Waals surface area contributed by atoms with Gasteiger partial charge in [-0.2, -0.15) is 4.31 Å². The van der Waals surface area contributed by atoms with Gasteiger partial charge in [0.1, 0.15) is 5.54 Å². The number of carboxylic acid groups (broad SMARTS) is 1. The SMILES string of the molecule is CCCC(C)(NC(=O)c1cccc(S(=O)(=O)N2CCOCC2)c1)C(=O)O. The molecule has 1 aromatic rings.